The fourth-order valence-corrected chi connectivity index (χ4v) is 2.09. The molecule has 1 aromatic heterocycles. The molecule has 3 nitrogen and oxygen atoms in total. The van der Waals surface area contributed by atoms with Gasteiger partial charge in [-0.25, -0.2) is 9.97 Å². The van der Waals surface area contributed by atoms with Crippen LogP contribution in [-0.2, 0) is 6.54 Å². The van der Waals surface area contributed by atoms with Gasteiger partial charge in [0.15, 0.2) is 0 Å². The Hall–Kier alpha value is -0.480. The van der Waals surface area contributed by atoms with Gasteiger partial charge in [-0.05, 0) is 47.9 Å². The lowest BCUT2D eigenvalue weighted by Crippen LogP contribution is -2.29. The summed E-state index contributed by atoms with van der Waals surface area (Å²) in [5, 5.41) is 0. The van der Waals surface area contributed by atoms with Crippen molar-refractivity contribution in [3.05, 3.63) is 22.7 Å². The molecule has 0 unspecified atom stereocenters. The van der Waals surface area contributed by atoms with E-state index in [9.17, 15) is 0 Å². The molecule has 2 rings (SSSR count). The summed E-state index contributed by atoms with van der Waals surface area (Å²) >= 11 is 3.36. The lowest BCUT2D eigenvalue weighted by atomic mass is 10.1. The zero-order chi connectivity index (χ0) is 9.80. The monoisotopic (exact) mass is 255 g/mol. The Labute approximate surface area is 92.7 Å². The first-order valence-electron chi connectivity index (χ1n) is 5.04. The van der Waals surface area contributed by atoms with E-state index in [0.29, 0.717) is 0 Å². The summed E-state index contributed by atoms with van der Waals surface area (Å²) in [6.45, 7) is 3.27. The molecule has 0 N–H and O–H groups in total. The molecule has 0 radical (unpaired) electrons. The van der Waals surface area contributed by atoms with Gasteiger partial charge in [0.05, 0.1) is 6.54 Å². The summed E-state index contributed by atoms with van der Waals surface area (Å²) < 4.78 is 0.875. The Balaban J connectivity index is 1.95. The van der Waals surface area contributed by atoms with Crippen molar-refractivity contribution in [2.24, 2.45) is 0 Å². The molecule has 1 aliphatic rings. The predicted octanol–water partition coefficient (Wildman–Crippen LogP) is 2.22. The van der Waals surface area contributed by atoms with Crippen LogP contribution in [0.15, 0.2) is 16.9 Å². The molecule has 1 aromatic rings. The molecular weight excluding hydrogens is 242 g/mol. The number of hydrogen-bond acceptors (Lipinski definition) is 3. The van der Waals surface area contributed by atoms with E-state index in [1.54, 1.807) is 6.20 Å². The van der Waals surface area contributed by atoms with Crippen LogP contribution in [0, 0.1) is 0 Å². The molecular formula is C10H14BrN3. The van der Waals surface area contributed by atoms with Gasteiger partial charge in [0.2, 0.25) is 0 Å². The molecule has 0 spiro atoms. The maximum atomic E-state index is 4.33. The fourth-order valence-electron chi connectivity index (χ4n) is 1.77. The lowest BCUT2D eigenvalue weighted by molar-refractivity contribution is 0.216. The van der Waals surface area contributed by atoms with Gasteiger partial charge in [0, 0.05) is 6.20 Å². The van der Waals surface area contributed by atoms with Crippen LogP contribution in [0.25, 0.3) is 0 Å². The molecule has 0 aliphatic carbocycles. The van der Waals surface area contributed by atoms with Gasteiger partial charge in [-0.15, -0.1) is 0 Å². The van der Waals surface area contributed by atoms with Crippen molar-refractivity contribution >= 4 is 15.9 Å². The van der Waals surface area contributed by atoms with Crippen molar-refractivity contribution < 1.29 is 0 Å². The largest absolute Gasteiger partial charge is 0.296 e. The Bertz CT molecular complexity index is 297. The van der Waals surface area contributed by atoms with Gasteiger partial charge in [-0.1, -0.05) is 6.42 Å². The highest BCUT2D eigenvalue weighted by molar-refractivity contribution is 9.10. The third-order valence-electron chi connectivity index (χ3n) is 2.49. The zero-order valence-electron chi connectivity index (χ0n) is 8.12. The Morgan fingerprint density at radius 1 is 1.29 bits per heavy atom. The number of likely N-dealkylation sites (tertiary alicyclic amines) is 1. The topological polar surface area (TPSA) is 29.0 Å². The van der Waals surface area contributed by atoms with E-state index in [4.69, 9.17) is 0 Å². The number of hydrogen-bond donors (Lipinski definition) is 0. The van der Waals surface area contributed by atoms with Crippen LogP contribution >= 0.6 is 15.9 Å². The molecule has 0 aromatic carbocycles. The summed E-state index contributed by atoms with van der Waals surface area (Å²) in [6.07, 6.45) is 5.80. The van der Waals surface area contributed by atoms with Crippen LogP contribution in [0.2, 0.25) is 0 Å². The van der Waals surface area contributed by atoms with Gasteiger partial charge in [0.1, 0.15) is 10.4 Å². The lowest BCUT2D eigenvalue weighted by Gasteiger charge is -2.25. The number of piperidine rings is 1. The number of rotatable bonds is 2. The van der Waals surface area contributed by atoms with Crippen LogP contribution in [0.3, 0.4) is 0 Å². The van der Waals surface area contributed by atoms with Gasteiger partial charge in [0.25, 0.3) is 0 Å². The minimum Gasteiger partial charge on any atom is -0.296 e. The average Bonchev–Trinajstić information content (AvgIpc) is 2.19. The van der Waals surface area contributed by atoms with Gasteiger partial charge < -0.3 is 0 Å². The summed E-state index contributed by atoms with van der Waals surface area (Å²) in [5.41, 5.74) is 0. The van der Waals surface area contributed by atoms with Crippen LogP contribution < -0.4 is 0 Å². The third kappa shape index (κ3) is 2.75. The van der Waals surface area contributed by atoms with Crippen molar-refractivity contribution in [2.75, 3.05) is 13.1 Å². The Morgan fingerprint density at radius 2 is 2.07 bits per heavy atom. The van der Waals surface area contributed by atoms with Crippen molar-refractivity contribution in [3.63, 3.8) is 0 Å². The van der Waals surface area contributed by atoms with Crippen molar-refractivity contribution in [2.45, 2.75) is 25.8 Å². The van der Waals surface area contributed by atoms with Crippen LogP contribution in [0.4, 0.5) is 0 Å². The molecule has 1 aliphatic heterocycles. The number of aromatic nitrogens is 2. The van der Waals surface area contributed by atoms with Crippen LogP contribution in [0.5, 0.6) is 0 Å². The highest BCUT2D eigenvalue weighted by Crippen LogP contribution is 2.11. The molecule has 2 heterocycles. The summed E-state index contributed by atoms with van der Waals surface area (Å²) in [6, 6.07) is 1.86. The van der Waals surface area contributed by atoms with Gasteiger partial charge >= 0.3 is 0 Å². The van der Waals surface area contributed by atoms with Crippen molar-refractivity contribution in [1.82, 2.24) is 14.9 Å². The molecule has 76 valence electrons. The first-order chi connectivity index (χ1) is 6.84. The molecule has 0 atom stereocenters. The minimum absolute atomic E-state index is 0.875. The van der Waals surface area contributed by atoms with E-state index in [0.717, 1.165) is 17.0 Å². The van der Waals surface area contributed by atoms with E-state index in [1.807, 2.05) is 6.07 Å². The quantitative estimate of drug-likeness (QED) is 0.760. The van der Waals surface area contributed by atoms with Crippen molar-refractivity contribution in [3.8, 4) is 0 Å². The van der Waals surface area contributed by atoms with E-state index in [-0.39, 0.29) is 0 Å². The Kier molecular flexibility index (Phi) is 3.48. The standard InChI is InChI=1S/C10H14BrN3/c11-9-4-5-12-10(13-9)8-14-6-2-1-3-7-14/h4-5H,1-3,6-8H2. The van der Waals surface area contributed by atoms with E-state index < -0.39 is 0 Å². The van der Waals surface area contributed by atoms with Gasteiger partial charge in [-0.3, -0.25) is 4.90 Å². The van der Waals surface area contributed by atoms with E-state index in [2.05, 4.69) is 30.8 Å². The predicted molar refractivity (Wildman–Crippen MR) is 58.9 cm³/mol. The number of halogens is 1. The highest BCUT2D eigenvalue weighted by Gasteiger charge is 2.11. The summed E-state index contributed by atoms with van der Waals surface area (Å²) in [5.74, 6) is 0.918. The first-order valence-corrected chi connectivity index (χ1v) is 5.84. The first kappa shape index (κ1) is 10.1. The molecule has 1 saturated heterocycles. The number of nitrogens with zero attached hydrogens (tertiary/aromatic N) is 3. The molecule has 0 saturated carbocycles. The summed E-state index contributed by atoms with van der Waals surface area (Å²) in [4.78, 5) is 11.0. The normalized spacial score (nSPS) is 18.4. The maximum Gasteiger partial charge on any atom is 0.143 e. The second-order valence-electron chi connectivity index (χ2n) is 3.63. The Morgan fingerprint density at radius 3 is 2.79 bits per heavy atom. The highest BCUT2D eigenvalue weighted by atomic mass is 79.9. The second-order valence-corrected chi connectivity index (χ2v) is 4.44. The zero-order valence-corrected chi connectivity index (χ0v) is 9.70. The molecule has 1 fully saturated rings. The average molecular weight is 256 g/mol. The van der Waals surface area contributed by atoms with Crippen molar-refractivity contribution in [1.29, 1.82) is 0 Å². The summed E-state index contributed by atoms with van der Waals surface area (Å²) in [7, 11) is 0. The van der Waals surface area contributed by atoms with Crippen LogP contribution in [-0.4, -0.2) is 28.0 Å². The van der Waals surface area contributed by atoms with E-state index in [1.165, 1.54) is 32.4 Å². The molecule has 4 heteroatoms. The fraction of sp³-hybridized carbons (Fsp3) is 0.600. The maximum absolute atomic E-state index is 4.33. The van der Waals surface area contributed by atoms with Crippen LogP contribution in [0.1, 0.15) is 25.1 Å². The van der Waals surface area contributed by atoms with E-state index >= 15 is 0 Å². The minimum atomic E-state index is 0.875. The van der Waals surface area contributed by atoms with Gasteiger partial charge in [-0.2, -0.15) is 0 Å². The smallest absolute Gasteiger partial charge is 0.143 e. The molecule has 14 heavy (non-hydrogen) atoms. The third-order valence-corrected chi connectivity index (χ3v) is 2.93. The molecule has 0 amide bonds. The second kappa shape index (κ2) is 4.84. The SMILES string of the molecule is Brc1ccnc(CN2CCCCC2)n1. The molecule has 0 bridgehead atoms.